The number of carbonyl (C=O) groups is 1. The molecule has 1 rings (SSSR count). The van der Waals surface area contributed by atoms with Gasteiger partial charge in [0.1, 0.15) is 17.2 Å². The molecule has 0 fully saturated rings. The maximum atomic E-state index is 12.0. The molecule has 0 heterocycles. The number of aliphatic carboxylic acids is 1. The highest BCUT2D eigenvalue weighted by Crippen LogP contribution is 2.28. The van der Waals surface area contributed by atoms with Crippen molar-refractivity contribution in [3.8, 4) is 5.75 Å². The first-order valence-electron chi connectivity index (χ1n) is 5.14. The van der Waals surface area contributed by atoms with Gasteiger partial charge in [0.25, 0.3) is 0 Å². The summed E-state index contributed by atoms with van der Waals surface area (Å²) in [6, 6.07) is 3.28. The Balaban J connectivity index is 3.27. The van der Waals surface area contributed by atoms with E-state index in [-0.39, 0.29) is 10.6 Å². The van der Waals surface area contributed by atoms with Crippen LogP contribution in [0.3, 0.4) is 0 Å². The second-order valence-corrected chi connectivity index (χ2v) is 5.54. The molecule has 2 N–H and O–H groups in total. The van der Waals surface area contributed by atoms with Crippen molar-refractivity contribution >= 4 is 16.0 Å². The number of benzene rings is 1. The first-order valence-corrected chi connectivity index (χ1v) is 6.63. The van der Waals surface area contributed by atoms with Crippen LogP contribution in [0.1, 0.15) is 11.1 Å². The molecule has 0 aromatic heterocycles. The average Bonchev–Trinajstić information content (AvgIpc) is 2.24. The van der Waals surface area contributed by atoms with Gasteiger partial charge in [0, 0.05) is 0 Å². The van der Waals surface area contributed by atoms with E-state index in [4.69, 9.17) is 9.84 Å². The summed E-state index contributed by atoms with van der Waals surface area (Å²) in [4.78, 5) is 10.4. The molecule has 0 aliphatic rings. The minimum atomic E-state index is -3.90. The van der Waals surface area contributed by atoms with Gasteiger partial charge in [-0.25, -0.2) is 8.42 Å². The van der Waals surface area contributed by atoms with Crippen LogP contribution in [0.15, 0.2) is 17.0 Å². The maximum Gasteiger partial charge on any atom is 0.318 e. The molecule has 1 aromatic rings. The van der Waals surface area contributed by atoms with Crippen LogP contribution in [-0.2, 0) is 14.8 Å². The Kier molecular flexibility index (Phi) is 4.31. The number of carboxylic acid groups (broad SMARTS) is 1. The monoisotopic (exact) mass is 273 g/mol. The molecule has 0 bridgehead atoms. The first-order chi connectivity index (χ1) is 8.27. The summed E-state index contributed by atoms with van der Waals surface area (Å²) in [5.74, 6) is -1.05. The Labute approximate surface area is 106 Å². The average molecular weight is 273 g/mol. The summed E-state index contributed by atoms with van der Waals surface area (Å²) in [5.41, 5.74) is 1.37. The van der Waals surface area contributed by atoms with Crippen molar-refractivity contribution in [1.29, 1.82) is 0 Å². The highest BCUT2D eigenvalue weighted by Gasteiger charge is 2.23. The predicted molar refractivity (Wildman–Crippen MR) is 65.3 cm³/mol. The van der Waals surface area contributed by atoms with E-state index in [1.54, 1.807) is 19.1 Å². The Morgan fingerprint density at radius 1 is 1.39 bits per heavy atom. The molecule has 0 saturated carbocycles. The molecule has 0 aliphatic heterocycles. The molecule has 6 nitrogen and oxygen atoms in total. The number of rotatable bonds is 5. The lowest BCUT2D eigenvalue weighted by Crippen LogP contribution is -2.30. The SMILES string of the molecule is COc1cc(C)cc(C)c1S(=O)(=O)NCC(=O)O. The molecule has 1 aromatic carbocycles. The van der Waals surface area contributed by atoms with E-state index < -0.39 is 22.5 Å². The molecule has 7 heteroatoms. The van der Waals surface area contributed by atoms with E-state index in [0.29, 0.717) is 5.56 Å². The van der Waals surface area contributed by atoms with E-state index in [2.05, 4.69) is 0 Å². The van der Waals surface area contributed by atoms with E-state index in [1.807, 2.05) is 11.6 Å². The Hall–Kier alpha value is -1.60. The fourth-order valence-corrected chi connectivity index (χ4v) is 2.99. The quantitative estimate of drug-likeness (QED) is 0.822. The number of sulfonamides is 1. The van der Waals surface area contributed by atoms with Crippen LogP contribution in [0.5, 0.6) is 5.75 Å². The minimum absolute atomic E-state index is 0.0307. The first kappa shape index (κ1) is 14.5. The van der Waals surface area contributed by atoms with Crippen molar-refractivity contribution < 1.29 is 23.1 Å². The van der Waals surface area contributed by atoms with Crippen LogP contribution in [0.25, 0.3) is 0 Å². The summed E-state index contributed by atoms with van der Waals surface area (Å²) >= 11 is 0. The molecule has 100 valence electrons. The molecule has 0 aliphatic carbocycles. The normalized spacial score (nSPS) is 11.3. The Bertz CT molecular complexity index is 565. The van der Waals surface area contributed by atoms with Crippen LogP contribution in [0.4, 0.5) is 0 Å². The van der Waals surface area contributed by atoms with Gasteiger partial charge in [-0.05, 0) is 31.0 Å². The molecular formula is C11H15NO5S. The number of carboxylic acids is 1. The van der Waals surface area contributed by atoms with Gasteiger partial charge >= 0.3 is 5.97 Å². The van der Waals surface area contributed by atoms with Gasteiger partial charge in [0.2, 0.25) is 10.0 Å². The molecule has 0 saturated heterocycles. The second-order valence-electron chi connectivity index (χ2n) is 3.83. The van der Waals surface area contributed by atoms with Crippen molar-refractivity contribution in [3.05, 3.63) is 23.3 Å². The van der Waals surface area contributed by atoms with Gasteiger partial charge in [-0.2, -0.15) is 4.72 Å². The fourth-order valence-electron chi connectivity index (χ4n) is 1.64. The van der Waals surface area contributed by atoms with E-state index in [9.17, 15) is 13.2 Å². The molecular weight excluding hydrogens is 258 g/mol. The van der Waals surface area contributed by atoms with Crippen molar-refractivity contribution in [2.24, 2.45) is 0 Å². The van der Waals surface area contributed by atoms with Crippen molar-refractivity contribution in [2.45, 2.75) is 18.7 Å². The van der Waals surface area contributed by atoms with Crippen molar-refractivity contribution in [3.63, 3.8) is 0 Å². The Morgan fingerprint density at radius 3 is 2.50 bits per heavy atom. The number of methoxy groups -OCH3 is 1. The maximum absolute atomic E-state index is 12.0. The number of ether oxygens (including phenoxy) is 1. The van der Waals surface area contributed by atoms with Gasteiger partial charge < -0.3 is 9.84 Å². The third kappa shape index (κ3) is 3.21. The summed E-state index contributed by atoms with van der Waals surface area (Å²) in [6.45, 7) is 2.78. The number of nitrogens with one attached hydrogen (secondary N) is 1. The summed E-state index contributed by atoms with van der Waals surface area (Å²) in [6.07, 6.45) is 0. The molecule has 18 heavy (non-hydrogen) atoms. The van der Waals surface area contributed by atoms with Gasteiger partial charge in [0.05, 0.1) is 7.11 Å². The van der Waals surface area contributed by atoms with Crippen molar-refractivity contribution in [1.82, 2.24) is 4.72 Å². The highest BCUT2D eigenvalue weighted by atomic mass is 32.2. The van der Waals surface area contributed by atoms with Gasteiger partial charge in [-0.3, -0.25) is 4.79 Å². The van der Waals surface area contributed by atoms with Crippen LogP contribution in [0, 0.1) is 13.8 Å². The zero-order valence-corrected chi connectivity index (χ0v) is 11.2. The molecule has 0 unspecified atom stereocenters. The minimum Gasteiger partial charge on any atom is -0.495 e. The lowest BCUT2D eigenvalue weighted by molar-refractivity contribution is -0.135. The van der Waals surface area contributed by atoms with E-state index in [0.717, 1.165) is 5.56 Å². The number of aryl methyl sites for hydroxylation is 2. The standard InChI is InChI=1S/C11H15NO5S/c1-7-4-8(2)11(9(5-7)17-3)18(15,16)12-6-10(13)14/h4-5,12H,6H2,1-3H3,(H,13,14). The van der Waals surface area contributed by atoms with E-state index >= 15 is 0 Å². The fraction of sp³-hybridized carbons (Fsp3) is 0.364. The van der Waals surface area contributed by atoms with Crippen molar-refractivity contribution in [2.75, 3.05) is 13.7 Å². The van der Waals surface area contributed by atoms with E-state index in [1.165, 1.54) is 7.11 Å². The Morgan fingerprint density at radius 2 is 2.00 bits per heavy atom. The molecule has 0 atom stereocenters. The predicted octanol–water partition coefficient (Wildman–Crippen LogP) is 0.675. The topological polar surface area (TPSA) is 92.7 Å². The molecule has 0 spiro atoms. The van der Waals surface area contributed by atoms with Crippen LogP contribution < -0.4 is 9.46 Å². The smallest absolute Gasteiger partial charge is 0.318 e. The van der Waals surface area contributed by atoms with Gasteiger partial charge in [-0.15, -0.1) is 0 Å². The largest absolute Gasteiger partial charge is 0.495 e. The highest BCUT2D eigenvalue weighted by molar-refractivity contribution is 7.89. The third-order valence-electron chi connectivity index (χ3n) is 2.29. The summed E-state index contributed by atoms with van der Waals surface area (Å²) < 4.78 is 31.0. The zero-order valence-electron chi connectivity index (χ0n) is 10.4. The molecule has 0 radical (unpaired) electrons. The molecule has 0 amide bonds. The van der Waals surface area contributed by atoms with Gasteiger partial charge in [-0.1, -0.05) is 6.07 Å². The number of hydrogen-bond donors (Lipinski definition) is 2. The van der Waals surface area contributed by atoms with Crippen LogP contribution in [0.2, 0.25) is 0 Å². The third-order valence-corrected chi connectivity index (χ3v) is 3.87. The second kappa shape index (κ2) is 5.36. The lowest BCUT2D eigenvalue weighted by atomic mass is 10.1. The number of hydrogen-bond acceptors (Lipinski definition) is 4. The van der Waals surface area contributed by atoms with Crippen LogP contribution in [-0.4, -0.2) is 33.1 Å². The summed E-state index contributed by atoms with van der Waals surface area (Å²) in [7, 11) is -2.54. The lowest BCUT2D eigenvalue weighted by Gasteiger charge is -2.13. The zero-order chi connectivity index (χ0) is 13.9. The summed E-state index contributed by atoms with van der Waals surface area (Å²) in [5, 5.41) is 8.51. The van der Waals surface area contributed by atoms with Crippen LogP contribution >= 0.6 is 0 Å². The van der Waals surface area contributed by atoms with Gasteiger partial charge in [0.15, 0.2) is 0 Å².